The van der Waals surface area contributed by atoms with Crippen molar-refractivity contribution >= 4 is 33.3 Å². The standard InChI is InChI=1S/C23H30N2O5S/c1-7-21(25(31(6,28)29)18-13-12-15(3)16(4)14-18)22(26)24-20-11-9-10-19(17(20)5)23(27)30-8-2/h9-14,21H,7-8H2,1-6H3,(H,24,26). The second-order valence-electron chi connectivity index (χ2n) is 7.44. The van der Waals surface area contributed by atoms with Crippen LogP contribution in [0.5, 0.6) is 0 Å². The lowest BCUT2D eigenvalue weighted by Gasteiger charge is -2.30. The van der Waals surface area contributed by atoms with Gasteiger partial charge in [-0.05, 0) is 75.1 Å². The summed E-state index contributed by atoms with van der Waals surface area (Å²) in [5.74, 6) is -0.953. The quantitative estimate of drug-likeness (QED) is 0.620. The third-order valence-corrected chi connectivity index (χ3v) is 6.34. The zero-order valence-electron chi connectivity index (χ0n) is 18.9. The molecule has 31 heavy (non-hydrogen) atoms. The van der Waals surface area contributed by atoms with Crippen LogP contribution in [0.15, 0.2) is 36.4 Å². The van der Waals surface area contributed by atoms with E-state index in [0.717, 1.165) is 21.7 Å². The number of sulfonamides is 1. The van der Waals surface area contributed by atoms with Gasteiger partial charge < -0.3 is 10.1 Å². The van der Waals surface area contributed by atoms with Crippen LogP contribution < -0.4 is 9.62 Å². The maximum atomic E-state index is 13.2. The van der Waals surface area contributed by atoms with E-state index in [9.17, 15) is 18.0 Å². The number of nitrogens with one attached hydrogen (secondary N) is 1. The normalized spacial score (nSPS) is 12.2. The summed E-state index contributed by atoms with van der Waals surface area (Å²) >= 11 is 0. The molecule has 2 rings (SSSR count). The molecule has 0 spiro atoms. The average molecular weight is 447 g/mol. The predicted octanol–water partition coefficient (Wildman–Crippen LogP) is 3.97. The number of hydrogen-bond acceptors (Lipinski definition) is 5. The first kappa shape index (κ1) is 24.4. The Morgan fingerprint density at radius 1 is 1.06 bits per heavy atom. The van der Waals surface area contributed by atoms with Crippen LogP contribution >= 0.6 is 0 Å². The van der Waals surface area contributed by atoms with Crippen LogP contribution in [0.4, 0.5) is 11.4 Å². The van der Waals surface area contributed by atoms with Gasteiger partial charge in [0.25, 0.3) is 0 Å². The maximum absolute atomic E-state index is 13.2. The summed E-state index contributed by atoms with van der Waals surface area (Å²) < 4.78 is 31.5. The van der Waals surface area contributed by atoms with E-state index in [1.807, 2.05) is 19.9 Å². The first-order valence-electron chi connectivity index (χ1n) is 10.2. The van der Waals surface area contributed by atoms with E-state index in [2.05, 4.69) is 5.32 Å². The molecule has 168 valence electrons. The molecule has 0 heterocycles. The number of rotatable bonds is 8. The number of benzene rings is 2. The van der Waals surface area contributed by atoms with Crippen molar-refractivity contribution in [1.29, 1.82) is 0 Å². The third kappa shape index (κ3) is 5.64. The van der Waals surface area contributed by atoms with Crippen molar-refractivity contribution in [1.82, 2.24) is 0 Å². The third-order valence-electron chi connectivity index (χ3n) is 5.16. The Bertz CT molecular complexity index is 1080. The van der Waals surface area contributed by atoms with Gasteiger partial charge in [-0.2, -0.15) is 0 Å². The van der Waals surface area contributed by atoms with Gasteiger partial charge in [0.1, 0.15) is 6.04 Å². The van der Waals surface area contributed by atoms with Crippen molar-refractivity contribution in [2.24, 2.45) is 0 Å². The zero-order chi connectivity index (χ0) is 23.3. The first-order valence-corrected chi connectivity index (χ1v) is 12.0. The van der Waals surface area contributed by atoms with E-state index in [-0.39, 0.29) is 13.0 Å². The summed E-state index contributed by atoms with van der Waals surface area (Å²) in [6.45, 7) is 9.26. The van der Waals surface area contributed by atoms with E-state index in [1.54, 1.807) is 51.1 Å². The number of hydrogen-bond donors (Lipinski definition) is 1. The molecule has 0 aliphatic rings. The Balaban J connectivity index is 2.42. The Kier molecular flexibility index (Phi) is 7.84. The molecule has 1 amide bonds. The molecule has 0 fully saturated rings. The number of aryl methyl sites for hydroxylation is 2. The Morgan fingerprint density at radius 3 is 2.29 bits per heavy atom. The summed E-state index contributed by atoms with van der Waals surface area (Å²) in [7, 11) is -3.74. The zero-order valence-corrected chi connectivity index (χ0v) is 19.7. The Hall–Kier alpha value is -2.87. The van der Waals surface area contributed by atoms with Gasteiger partial charge >= 0.3 is 5.97 Å². The van der Waals surface area contributed by atoms with E-state index < -0.39 is 27.9 Å². The van der Waals surface area contributed by atoms with Gasteiger partial charge in [-0.25, -0.2) is 13.2 Å². The Morgan fingerprint density at radius 2 is 1.74 bits per heavy atom. The average Bonchev–Trinajstić information content (AvgIpc) is 2.69. The van der Waals surface area contributed by atoms with Crippen molar-refractivity contribution in [2.75, 3.05) is 22.5 Å². The van der Waals surface area contributed by atoms with Gasteiger partial charge in [0.2, 0.25) is 15.9 Å². The minimum Gasteiger partial charge on any atom is -0.462 e. The fraction of sp³-hybridized carbons (Fsp3) is 0.391. The van der Waals surface area contributed by atoms with Gasteiger partial charge in [0, 0.05) is 5.69 Å². The molecule has 0 radical (unpaired) electrons. The number of nitrogens with zero attached hydrogens (tertiary/aromatic N) is 1. The molecule has 2 aromatic rings. The second-order valence-corrected chi connectivity index (χ2v) is 9.30. The summed E-state index contributed by atoms with van der Waals surface area (Å²) in [6, 6.07) is 9.28. The van der Waals surface area contributed by atoms with E-state index >= 15 is 0 Å². The lowest BCUT2D eigenvalue weighted by molar-refractivity contribution is -0.117. The smallest absolute Gasteiger partial charge is 0.338 e. The highest BCUT2D eigenvalue weighted by Gasteiger charge is 2.32. The summed E-state index contributed by atoms with van der Waals surface area (Å²) in [6.07, 6.45) is 1.35. The predicted molar refractivity (Wildman–Crippen MR) is 123 cm³/mol. The minimum absolute atomic E-state index is 0.242. The number of amides is 1. The summed E-state index contributed by atoms with van der Waals surface area (Å²) in [5.41, 5.74) is 3.73. The van der Waals surface area contributed by atoms with Crippen molar-refractivity contribution in [3.05, 3.63) is 58.7 Å². The van der Waals surface area contributed by atoms with E-state index in [0.29, 0.717) is 22.5 Å². The summed E-state index contributed by atoms with van der Waals surface area (Å²) in [5, 5.41) is 2.79. The number of carbonyl (C=O) groups excluding carboxylic acids is 2. The summed E-state index contributed by atoms with van der Waals surface area (Å²) in [4.78, 5) is 25.3. The van der Waals surface area contributed by atoms with Crippen LogP contribution in [-0.2, 0) is 19.6 Å². The molecule has 0 saturated carbocycles. The van der Waals surface area contributed by atoms with Crippen molar-refractivity contribution < 1.29 is 22.7 Å². The molecule has 7 nitrogen and oxygen atoms in total. The Labute approximate surface area is 184 Å². The second kappa shape index (κ2) is 9.96. The lowest BCUT2D eigenvalue weighted by Crippen LogP contribution is -2.47. The highest BCUT2D eigenvalue weighted by atomic mass is 32.2. The number of esters is 1. The SMILES string of the molecule is CCOC(=O)c1cccc(NC(=O)C(CC)N(c2ccc(C)c(C)c2)S(C)(=O)=O)c1C. The van der Waals surface area contributed by atoms with Gasteiger partial charge in [-0.15, -0.1) is 0 Å². The van der Waals surface area contributed by atoms with E-state index in [4.69, 9.17) is 4.74 Å². The molecule has 2 aromatic carbocycles. The highest BCUT2D eigenvalue weighted by molar-refractivity contribution is 7.92. The topological polar surface area (TPSA) is 92.8 Å². The molecule has 1 N–H and O–H groups in total. The lowest BCUT2D eigenvalue weighted by atomic mass is 10.1. The molecule has 0 aliphatic carbocycles. The molecular weight excluding hydrogens is 416 g/mol. The van der Waals surface area contributed by atoms with Crippen LogP contribution in [0.2, 0.25) is 0 Å². The fourth-order valence-corrected chi connectivity index (χ4v) is 4.54. The molecule has 1 unspecified atom stereocenters. The number of carbonyl (C=O) groups is 2. The van der Waals surface area contributed by atoms with Crippen molar-refractivity contribution in [3.63, 3.8) is 0 Å². The molecule has 8 heteroatoms. The van der Waals surface area contributed by atoms with Crippen LogP contribution in [0.25, 0.3) is 0 Å². The largest absolute Gasteiger partial charge is 0.462 e. The molecular formula is C23H30N2O5S. The minimum atomic E-state index is -3.74. The van der Waals surface area contributed by atoms with Crippen LogP contribution in [0, 0.1) is 20.8 Å². The molecule has 1 atom stereocenters. The maximum Gasteiger partial charge on any atom is 0.338 e. The van der Waals surface area contributed by atoms with Crippen LogP contribution in [-0.4, -0.2) is 39.2 Å². The van der Waals surface area contributed by atoms with E-state index in [1.165, 1.54) is 0 Å². The molecule has 0 saturated heterocycles. The van der Waals surface area contributed by atoms with Crippen molar-refractivity contribution in [2.45, 2.75) is 47.1 Å². The number of anilines is 2. The van der Waals surface area contributed by atoms with Crippen LogP contribution in [0.3, 0.4) is 0 Å². The molecule has 0 aromatic heterocycles. The first-order chi connectivity index (χ1) is 14.5. The monoisotopic (exact) mass is 446 g/mol. The van der Waals surface area contributed by atoms with Crippen LogP contribution in [0.1, 0.15) is 47.3 Å². The van der Waals surface area contributed by atoms with Gasteiger partial charge in [0.15, 0.2) is 0 Å². The van der Waals surface area contributed by atoms with Crippen molar-refractivity contribution in [3.8, 4) is 0 Å². The molecule has 0 bridgehead atoms. The van der Waals surface area contributed by atoms with Gasteiger partial charge in [0.05, 0.1) is 24.1 Å². The molecule has 0 aliphatic heterocycles. The highest BCUT2D eigenvalue weighted by Crippen LogP contribution is 2.27. The van der Waals surface area contributed by atoms with Gasteiger partial charge in [-0.1, -0.05) is 19.1 Å². The fourth-order valence-electron chi connectivity index (χ4n) is 3.34. The number of ether oxygens (including phenoxy) is 1. The van der Waals surface area contributed by atoms with Gasteiger partial charge in [-0.3, -0.25) is 9.10 Å².